The van der Waals surface area contributed by atoms with Crippen LogP contribution < -0.4 is 0 Å². The topological polar surface area (TPSA) is 76.0 Å². The normalized spacial score (nSPS) is 19.5. The van der Waals surface area contributed by atoms with E-state index in [1.807, 2.05) is 0 Å². The van der Waals surface area contributed by atoms with Crippen LogP contribution >= 0.6 is 0 Å². The molecule has 90 valence electrons. The molecule has 0 spiro atoms. The van der Waals surface area contributed by atoms with Crippen LogP contribution in [0.25, 0.3) is 0 Å². The third kappa shape index (κ3) is 9.65. The van der Waals surface area contributed by atoms with Gasteiger partial charge in [0.05, 0.1) is 12.7 Å². The Morgan fingerprint density at radius 2 is 2.13 bits per heavy atom. The number of hydrogen-bond acceptors (Lipinski definition) is 4. The number of aliphatic carboxylic acids is 1. The zero-order valence-electron chi connectivity index (χ0n) is 9.15. The lowest BCUT2D eigenvalue weighted by molar-refractivity contribution is -0.136. The number of rotatable bonds is 5. The molecule has 0 aromatic carbocycles. The average Bonchev–Trinajstić information content (AvgIpc) is 2.72. The summed E-state index contributed by atoms with van der Waals surface area (Å²) in [5.41, 5.74) is 0. The quantitative estimate of drug-likeness (QED) is 0.676. The van der Waals surface area contributed by atoms with Crippen LogP contribution in [-0.2, 0) is 14.3 Å². The molecule has 1 atom stereocenters. The van der Waals surface area contributed by atoms with Crippen molar-refractivity contribution < 1.29 is 24.5 Å². The Kier molecular flexibility index (Phi) is 9.46. The molecule has 0 amide bonds. The molecule has 5 nitrogen and oxygen atoms in total. The molecule has 15 heavy (non-hydrogen) atoms. The Morgan fingerprint density at radius 1 is 1.47 bits per heavy atom. The van der Waals surface area contributed by atoms with Crippen molar-refractivity contribution in [3.05, 3.63) is 0 Å². The molecule has 1 aliphatic rings. The van der Waals surface area contributed by atoms with Crippen LogP contribution in [0.3, 0.4) is 0 Å². The van der Waals surface area contributed by atoms with Gasteiger partial charge in [-0.15, -0.1) is 0 Å². The van der Waals surface area contributed by atoms with Crippen LogP contribution in [0, 0.1) is 0 Å². The number of carboxylic acid groups (broad SMARTS) is 1. The Balaban J connectivity index is 0.000000336. The summed E-state index contributed by atoms with van der Waals surface area (Å²) < 4.78 is 10.2. The van der Waals surface area contributed by atoms with Gasteiger partial charge in [-0.1, -0.05) is 6.92 Å². The number of hydrogen-bond donors (Lipinski definition) is 2. The van der Waals surface area contributed by atoms with Gasteiger partial charge in [0.2, 0.25) is 0 Å². The molecule has 2 N–H and O–H groups in total. The number of carbonyl (C=O) groups is 1. The van der Waals surface area contributed by atoms with Crippen LogP contribution in [0.1, 0.15) is 32.6 Å². The SMILES string of the molecule is CCC(=O)O.OCCCCC1COCO1. The van der Waals surface area contributed by atoms with Gasteiger partial charge in [0.1, 0.15) is 6.79 Å². The average molecular weight is 220 g/mol. The first-order valence-corrected chi connectivity index (χ1v) is 5.22. The number of aliphatic hydroxyl groups excluding tert-OH is 1. The van der Waals surface area contributed by atoms with Gasteiger partial charge in [0.25, 0.3) is 0 Å². The predicted molar refractivity (Wildman–Crippen MR) is 54.6 cm³/mol. The van der Waals surface area contributed by atoms with Crippen molar-refractivity contribution in [2.75, 3.05) is 20.0 Å². The fourth-order valence-electron chi connectivity index (χ4n) is 1.02. The minimum Gasteiger partial charge on any atom is -0.481 e. The maximum Gasteiger partial charge on any atom is 0.303 e. The first kappa shape index (κ1) is 14.3. The highest BCUT2D eigenvalue weighted by Crippen LogP contribution is 2.10. The molecule has 1 heterocycles. The summed E-state index contributed by atoms with van der Waals surface area (Å²) >= 11 is 0. The van der Waals surface area contributed by atoms with Crippen molar-refractivity contribution in [1.82, 2.24) is 0 Å². The third-order valence-electron chi connectivity index (χ3n) is 1.93. The van der Waals surface area contributed by atoms with Crippen molar-refractivity contribution >= 4 is 5.97 Å². The molecular weight excluding hydrogens is 200 g/mol. The summed E-state index contributed by atoms with van der Waals surface area (Å²) in [6.07, 6.45) is 3.43. The molecule has 1 aliphatic heterocycles. The fourth-order valence-corrected chi connectivity index (χ4v) is 1.02. The maximum atomic E-state index is 9.37. The molecule has 0 aromatic rings. The smallest absolute Gasteiger partial charge is 0.303 e. The highest BCUT2D eigenvalue weighted by Gasteiger charge is 2.14. The van der Waals surface area contributed by atoms with E-state index in [0.717, 1.165) is 25.9 Å². The summed E-state index contributed by atoms with van der Waals surface area (Å²) in [4.78, 5) is 9.37. The molecule has 0 aromatic heterocycles. The van der Waals surface area contributed by atoms with Gasteiger partial charge in [0.15, 0.2) is 0 Å². The van der Waals surface area contributed by atoms with Gasteiger partial charge in [-0.05, 0) is 19.3 Å². The third-order valence-corrected chi connectivity index (χ3v) is 1.93. The lowest BCUT2D eigenvalue weighted by Gasteiger charge is -2.04. The van der Waals surface area contributed by atoms with Crippen LogP contribution in [0.4, 0.5) is 0 Å². The Morgan fingerprint density at radius 3 is 2.53 bits per heavy atom. The first-order valence-electron chi connectivity index (χ1n) is 5.22. The minimum absolute atomic E-state index is 0.222. The van der Waals surface area contributed by atoms with Gasteiger partial charge in [-0.2, -0.15) is 0 Å². The first-order chi connectivity index (χ1) is 7.20. The number of aliphatic hydroxyl groups is 1. The van der Waals surface area contributed by atoms with Crippen molar-refractivity contribution in [2.45, 2.75) is 38.7 Å². The Labute approximate surface area is 90.0 Å². The number of unbranched alkanes of at least 4 members (excludes halogenated alkanes) is 1. The van der Waals surface area contributed by atoms with E-state index in [2.05, 4.69) is 0 Å². The molecule has 1 unspecified atom stereocenters. The van der Waals surface area contributed by atoms with Crippen LogP contribution in [0.5, 0.6) is 0 Å². The second-order valence-corrected chi connectivity index (χ2v) is 3.24. The van der Waals surface area contributed by atoms with E-state index in [4.69, 9.17) is 19.7 Å². The summed E-state index contributed by atoms with van der Waals surface area (Å²) in [7, 11) is 0. The van der Waals surface area contributed by atoms with E-state index in [-0.39, 0.29) is 19.1 Å². The molecule has 1 saturated heterocycles. The van der Waals surface area contributed by atoms with Crippen molar-refractivity contribution in [1.29, 1.82) is 0 Å². The van der Waals surface area contributed by atoms with Crippen LogP contribution in [0.2, 0.25) is 0 Å². The van der Waals surface area contributed by atoms with Crippen molar-refractivity contribution in [2.24, 2.45) is 0 Å². The second-order valence-electron chi connectivity index (χ2n) is 3.24. The monoisotopic (exact) mass is 220 g/mol. The summed E-state index contributed by atoms with van der Waals surface area (Å²) in [5.74, 6) is -0.745. The van der Waals surface area contributed by atoms with E-state index in [9.17, 15) is 4.79 Å². The molecule has 0 aliphatic carbocycles. The second kappa shape index (κ2) is 9.89. The van der Waals surface area contributed by atoms with Crippen LogP contribution in [0.15, 0.2) is 0 Å². The summed E-state index contributed by atoms with van der Waals surface area (Å²) in [6.45, 7) is 3.06. The zero-order chi connectivity index (χ0) is 11.5. The number of carboxylic acids is 1. The van der Waals surface area contributed by atoms with Gasteiger partial charge in [0, 0.05) is 13.0 Å². The fraction of sp³-hybridized carbons (Fsp3) is 0.900. The highest BCUT2D eigenvalue weighted by molar-refractivity contribution is 5.66. The highest BCUT2D eigenvalue weighted by atomic mass is 16.7. The summed E-state index contributed by atoms with van der Waals surface area (Å²) in [5, 5.41) is 16.2. The molecular formula is C10H20O5. The molecule has 1 fully saturated rings. The number of ether oxygens (including phenoxy) is 2. The van der Waals surface area contributed by atoms with Crippen LogP contribution in [-0.4, -0.2) is 42.3 Å². The molecule has 0 radical (unpaired) electrons. The van der Waals surface area contributed by atoms with Gasteiger partial charge >= 0.3 is 5.97 Å². The van der Waals surface area contributed by atoms with E-state index in [0.29, 0.717) is 6.79 Å². The largest absolute Gasteiger partial charge is 0.481 e. The van der Waals surface area contributed by atoms with E-state index in [1.165, 1.54) is 0 Å². The van der Waals surface area contributed by atoms with Crippen molar-refractivity contribution in [3.8, 4) is 0 Å². The van der Waals surface area contributed by atoms with Gasteiger partial charge in [-0.3, -0.25) is 4.79 Å². The summed E-state index contributed by atoms with van der Waals surface area (Å²) in [6, 6.07) is 0. The van der Waals surface area contributed by atoms with E-state index < -0.39 is 5.97 Å². The zero-order valence-corrected chi connectivity index (χ0v) is 9.15. The molecule has 1 rings (SSSR count). The Bertz CT molecular complexity index is 154. The van der Waals surface area contributed by atoms with E-state index >= 15 is 0 Å². The maximum absolute atomic E-state index is 9.37. The van der Waals surface area contributed by atoms with E-state index in [1.54, 1.807) is 6.92 Å². The predicted octanol–water partition coefficient (Wildman–Crippen LogP) is 1.00. The molecule has 0 bridgehead atoms. The molecule has 5 heteroatoms. The van der Waals surface area contributed by atoms with Gasteiger partial charge < -0.3 is 19.7 Å². The standard InChI is InChI=1S/C7H14O3.C3H6O2/c8-4-2-1-3-7-5-9-6-10-7;1-2-3(4)5/h7-8H,1-6H2;2H2,1H3,(H,4,5). The van der Waals surface area contributed by atoms with Crippen molar-refractivity contribution in [3.63, 3.8) is 0 Å². The lowest BCUT2D eigenvalue weighted by atomic mass is 10.2. The van der Waals surface area contributed by atoms with Gasteiger partial charge in [-0.25, -0.2) is 0 Å². The Hall–Kier alpha value is -0.650. The molecule has 0 saturated carbocycles. The lowest BCUT2D eigenvalue weighted by Crippen LogP contribution is -2.08. The minimum atomic E-state index is -0.745.